The summed E-state index contributed by atoms with van der Waals surface area (Å²) in [7, 11) is 440. The van der Waals surface area contributed by atoms with E-state index in [1.807, 2.05) is 0 Å². The predicted molar refractivity (Wildman–Crippen MR) is 685 cm³/mol. The summed E-state index contributed by atoms with van der Waals surface area (Å²) >= 11 is 0. The fourth-order valence-electron chi connectivity index (χ4n) is 21.7. The zero-order valence-electron chi connectivity index (χ0n) is 68.7. The molecule has 0 spiro atoms. The molecular weight excluding hydrogens is 1290 g/mol. The average Bonchev–Trinajstić information content (AvgIpc) is 0.701. The Morgan fingerprint density at radius 3 is 0.176 bits per heavy atom. The van der Waals surface area contributed by atoms with E-state index in [1.165, 1.54) is 0 Å². The van der Waals surface area contributed by atoms with E-state index in [-0.39, 0.29) is 0 Å². The Hall–Kier alpha value is 7.73. The van der Waals surface area contributed by atoms with E-state index in [9.17, 15) is 0 Å². The Morgan fingerprint density at radius 2 is 0.126 bits per heavy atom. The van der Waals surface area contributed by atoms with Crippen molar-refractivity contribution >= 4 is 842 Å². The van der Waals surface area contributed by atoms with E-state index in [2.05, 4.69) is 0 Å². The molecule has 0 atom stereocenters. The molecule has 0 aromatic heterocycles. The monoisotopic (exact) mass is 1310 g/mol. The fourth-order valence-corrected chi connectivity index (χ4v) is 21.7. The van der Waals surface area contributed by atoms with Gasteiger partial charge >= 0.3 is 0 Å². The standard InChI is InChI=1S/B119/c1-61-91(60)106(90(58)59)114(107(92(62(2)3)63(4)5)93(64(6)7)65(8)9)118(115(108(94(66(10)11)67(12)13)95(68(14)15)69(16)17)109(96(70(18)19)71(20)21)97(72(22)23)73(24)25)119(116(110(98(74(26)27)75(28)29)99(76(30)31)77(32)33)111(100(78(34)35)79(36)37)101(80(38)39)81(40)41)117(112(102(82(42)43)83(44)45)103(84(46)47)85(48)49)113(104(86(50)51)87(52)53)105(88(54)55)89(56)57. The normalized spacial score (nSPS) is 9.85. The SMILES string of the molecule is [B][B]B([B])B(B([B])[B])B(B(B(B([B])[B])B([B])[B])B(B([B])[B])B([B])[B])B(B(B(B(B([B])[B])B([B])[B])B(B([B])[B])B([B])[B])B(B(B([B])[B])B([B])[B])B(B([B])[B])B([B])[B])B(B(B(B(B([B])[B])B([B])[B])B(B([B])[B])B([B])[B])B(B(B([B])[B])B([B])[B])B(B([B])[B])B([B])[B])B(B(B(B([B])[B])B([B])[B])B(B([B])[B])B([B])[B])B(B(B([B])[B])B([B])[B])B(B([B])[B])B([B])[B]. The maximum atomic E-state index is 7.75. The van der Waals surface area contributed by atoms with E-state index in [0.717, 1.165) is 7.06 Å². The Labute approximate surface area is 832 Å². The summed E-state index contributed by atoms with van der Waals surface area (Å²) in [5.41, 5.74) is 0. The Balaban J connectivity index is 16.5. The second-order valence-corrected chi connectivity index (χ2v) is 33.7. The molecule has 121 radical (unpaired) electrons. The van der Waals surface area contributed by atoms with Gasteiger partial charge in [0.15, 0.2) is 0 Å². The van der Waals surface area contributed by atoms with Crippen molar-refractivity contribution in [1.29, 1.82) is 0 Å². The van der Waals surface area contributed by atoms with E-state index in [4.69, 9.17) is 464 Å². The molecule has 0 N–H and O–H groups in total. The molecule has 119 heavy (non-hydrogen) atoms. The minimum absolute atomic E-state index is 0.901. The first-order valence-corrected chi connectivity index (χ1v) is 39.3. The third-order valence-electron chi connectivity index (χ3n) is 25.6. The van der Waals surface area contributed by atoms with Crippen molar-refractivity contribution in [1.82, 2.24) is 0 Å². The topological polar surface area (TPSA) is 0 Å². The Bertz CT molecular complexity index is 2070. The molecule has 0 unspecified atom stereocenters. The molecule has 0 rings (SSSR count). The molecule has 0 bridgehead atoms. The molecule has 0 heterocycles. The lowest BCUT2D eigenvalue weighted by Gasteiger charge is -2.64. The van der Waals surface area contributed by atoms with Crippen LogP contribution in [0.15, 0.2) is 0 Å². The van der Waals surface area contributed by atoms with E-state index < -0.39 is 370 Å². The van der Waals surface area contributed by atoms with Crippen LogP contribution in [0.5, 0.6) is 0 Å². The molecule has 0 aliphatic carbocycles. The van der Waals surface area contributed by atoms with Gasteiger partial charge in [-0.05, 0) is 0 Å². The van der Waals surface area contributed by atoms with Gasteiger partial charge in [0.2, 0.25) is 0 Å². The van der Waals surface area contributed by atoms with Crippen LogP contribution in [0.2, 0.25) is 0 Å². The van der Waals surface area contributed by atoms with Crippen LogP contribution in [-0.4, -0.2) is 842 Å². The Kier molecular flexibility index (Phi) is 62.4. The molecule has 0 amide bonds. The van der Waals surface area contributed by atoms with Gasteiger partial charge in [0.1, 0.15) is 0 Å². The molecule has 0 aliphatic heterocycles. The molecule has 0 fully saturated rings. The lowest BCUT2D eigenvalue weighted by atomic mass is 8.17. The molecule has 0 nitrogen and oxygen atoms in total. The molecule has 357 valence electrons. The molecule has 0 saturated heterocycles. The lowest BCUT2D eigenvalue weighted by Crippen LogP contribution is -3.02. The van der Waals surface area contributed by atoms with Crippen LogP contribution in [0.25, 0.3) is 0 Å². The third-order valence-corrected chi connectivity index (χ3v) is 25.6. The van der Waals surface area contributed by atoms with Gasteiger partial charge in [-0.2, -0.15) is 0 Å². The first-order chi connectivity index (χ1) is 54.2. The van der Waals surface area contributed by atoms with Crippen molar-refractivity contribution in [2.75, 3.05) is 0 Å². The smallest absolute Gasteiger partial charge is 0 e. The predicted octanol–water partition coefficient (Wildman–Crippen LogP) is -45.3. The van der Waals surface area contributed by atoms with Gasteiger partial charge in [-0.25, -0.2) is 0 Å². The van der Waals surface area contributed by atoms with Gasteiger partial charge < -0.3 is 0 Å². The maximum absolute atomic E-state index is 7.75. The first kappa shape index (κ1) is 127. The molecule has 119 heteroatoms. The van der Waals surface area contributed by atoms with Crippen molar-refractivity contribution in [2.45, 2.75) is 0 Å². The van der Waals surface area contributed by atoms with Crippen molar-refractivity contribution in [3.63, 3.8) is 0 Å². The summed E-state index contributed by atoms with van der Waals surface area (Å²) in [5.74, 6) is 0. The summed E-state index contributed by atoms with van der Waals surface area (Å²) in [5, 5.41) is 0. The van der Waals surface area contributed by atoms with Crippen LogP contribution in [0.4, 0.5) is 0 Å². The summed E-state index contributed by atoms with van der Waals surface area (Å²) in [4.78, 5) is 0. The minimum atomic E-state index is -2.64. The molecule has 0 aromatic carbocycles. The quantitative estimate of drug-likeness (QED) is 0.0533. The first-order valence-electron chi connectivity index (χ1n) is 39.3. The van der Waals surface area contributed by atoms with Crippen molar-refractivity contribution in [3.8, 4) is 0 Å². The largest absolute Gasteiger partial charge is 0 e. The van der Waals surface area contributed by atoms with Crippen molar-refractivity contribution < 1.29 is 0 Å². The second kappa shape index (κ2) is 58.6. The highest BCUT2D eigenvalue weighted by atomic mass is 13.5. The highest BCUT2D eigenvalue weighted by Gasteiger charge is 2.71. The molecular formula is B119. The van der Waals surface area contributed by atoms with Gasteiger partial charge in [-0.1, -0.05) is 0 Å². The average molecular weight is 1290 g/mol. The summed E-state index contributed by atoms with van der Waals surface area (Å²) in [6.45, 7) is 0. The zero-order valence-corrected chi connectivity index (χ0v) is 68.7. The van der Waals surface area contributed by atoms with Crippen LogP contribution in [0.1, 0.15) is 0 Å². The van der Waals surface area contributed by atoms with Crippen molar-refractivity contribution in [3.05, 3.63) is 0 Å². The fraction of sp³-hybridized carbons (Fsp3) is 0. The van der Waals surface area contributed by atoms with Gasteiger partial charge in [-0.3, -0.25) is 0 Å². The van der Waals surface area contributed by atoms with Gasteiger partial charge in [0, 0.05) is 842 Å². The molecule has 0 aromatic rings. The molecule has 0 saturated carbocycles. The second-order valence-electron chi connectivity index (χ2n) is 33.7. The van der Waals surface area contributed by atoms with E-state index >= 15 is 0 Å². The van der Waals surface area contributed by atoms with Crippen LogP contribution in [0.3, 0.4) is 0 Å². The van der Waals surface area contributed by atoms with E-state index in [0.29, 0.717) is 0 Å². The molecule has 0 aliphatic rings. The maximum Gasteiger partial charge on any atom is 0 e. The summed E-state index contributed by atoms with van der Waals surface area (Å²) < 4.78 is 0. The Morgan fingerprint density at radius 1 is 0.0756 bits per heavy atom. The summed E-state index contributed by atoms with van der Waals surface area (Å²) in [6.07, 6.45) is -121. The van der Waals surface area contributed by atoms with Crippen LogP contribution < -0.4 is 0 Å². The highest BCUT2D eigenvalue weighted by Crippen LogP contribution is 2.32. The summed E-state index contributed by atoms with van der Waals surface area (Å²) in [6, 6.07) is 0. The van der Waals surface area contributed by atoms with Crippen LogP contribution >= 0.6 is 0 Å². The number of rotatable bonds is 58. The van der Waals surface area contributed by atoms with Crippen LogP contribution in [-0.2, 0) is 0 Å². The van der Waals surface area contributed by atoms with Gasteiger partial charge in [0.05, 0.1) is 0 Å². The minimum Gasteiger partial charge on any atom is 0 e. The van der Waals surface area contributed by atoms with Crippen molar-refractivity contribution in [2.24, 2.45) is 0 Å². The number of hydrogen-bond acceptors (Lipinski definition) is 0. The third kappa shape index (κ3) is 34.1. The van der Waals surface area contributed by atoms with Gasteiger partial charge in [-0.15, -0.1) is 0 Å². The number of hydrogen-bond donors (Lipinski definition) is 0. The van der Waals surface area contributed by atoms with Gasteiger partial charge in [0.25, 0.3) is 0 Å². The zero-order chi connectivity index (χ0) is 94.2. The highest BCUT2D eigenvalue weighted by molar-refractivity contribution is 8.46. The van der Waals surface area contributed by atoms with Crippen LogP contribution in [0, 0.1) is 0 Å². The lowest BCUT2D eigenvalue weighted by molar-refractivity contribution is 3.11. The van der Waals surface area contributed by atoms with E-state index in [1.54, 1.807) is 0 Å².